The monoisotopic (exact) mass is 330 g/mol. The number of nitrogens with zero attached hydrogens (tertiary/aromatic N) is 3. The first kappa shape index (κ1) is 15.5. The van der Waals surface area contributed by atoms with E-state index in [-0.39, 0.29) is 11.6 Å². The number of pyridine rings is 1. The third-order valence-electron chi connectivity index (χ3n) is 3.54. The van der Waals surface area contributed by atoms with Crippen LogP contribution in [0.25, 0.3) is 5.65 Å². The highest BCUT2D eigenvalue weighted by atomic mass is 32.1. The zero-order chi connectivity index (χ0) is 16.1. The van der Waals surface area contributed by atoms with Crippen LogP contribution in [0.2, 0.25) is 0 Å². The second kappa shape index (κ2) is 7.23. The van der Waals surface area contributed by atoms with Crippen molar-refractivity contribution in [2.45, 2.75) is 25.8 Å². The van der Waals surface area contributed by atoms with Gasteiger partial charge in [0.1, 0.15) is 0 Å². The van der Waals surface area contributed by atoms with Crippen molar-refractivity contribution in [3.05, 3.63) is 57.3 Å². The van der Waals surface area contributed by atoms with E-state index in [2.05, 4.69) is 16.5 Å². The van der Waals surface area contributed by atoms with Gasteiger partial charge >= 0.3 is 5.69 Å². The minimum Gasteiger partial charge on any atom is -0.354 e. The van der Waals surface area contributed by atoms with Gasteiger partial charge in [0.05, 0.1) is 6.54 Å². The predicted octanol–water partition coefficient (Wildman–Crippen LogP) is 1.70. The van der Waals surface area contributed by atoms with E-state index < -0.39 is 0 Å². The lowest BCUT2D eigenvalue weighted by atomic mass is 10.2. The van der Waals surface area contributed by atoms with Crippen molar-refractivity contribution in [2.75, 3.05) is 6.54 Å². The average molecular weight is 330 g/mol. The van der Waals surface area contributed by atoms with Crippen LogP contribution in [0.15, 0.2) is 46.7 Å². The van der Waals surface area contributed by atoms with E-state index in [0.29, 0.717) is 25.2 Å². The lowest BCUT2D eigenvalue weighted by Gasteiger charge is -2.04. The van der Waals surface area contributed by atoms with E-state index in [0.717, 1.165) is 12.8 Å². The van der Waals surface area contributed by atoms with Crippen LogP contribution in [0.5, 0.6) is 0 Å². The Hall–Kier alpha value is -2.41. The first-order valence-corrected chi connectivity index (χ1v) is 8.45. The Labute approximate surface area is 137 Å². The number of carbonyl (C=O) groups excluding carboxylic acids is 1. The third-order valence-corrected chi connectivity index (χ3v) is 4.48. The fourth-order valence-corrected chi connectivity index (χ4v) is 3.13. The Bertz CT molecular complexity index is 835. The summed E-state index contributed by atoms with van der Waals surface area (Å²) in [5.74, 6) is 0.0124. The molecule has 0 atom stereocenters. The molecular weight excluding hydrogens is 312 g/mol. The topological polar surface area (TPSA) is 68.4 Å². The van der Waals surface area contributed by atoms with Crippen molar-refractivity contribution < 1.29 is 4.79 Å². The average Bonchev–Trinajstić information content (AvgIpc) is 3.17. The number of fused-ring (bicyclic) bond motifs is 1. The smallest absolute Gasteiger partial charge is 0.350 e. The van der Waals surface area contributed by atoms with Gasteiger partial charge in [0, 0.05) is 24.0 Å². The number of hydrogen-bond acceptors (Lipinski definition) is 4. The van der Waals surface area contributed by atoms with Gasteiger partial charge in [-0.25, -0.2) is 9.48 Å². The van der Waals surface area contributed by atoms with Gasteiger partial charge in [-0.15, -0.1) is 16.4 Å². The number of rotatable bonds is 7. The van der Waals surface area contributed by atoms with Crippen LogP contribution in [0, 0.1) is 0 Å². The molecule has 3 aromatic heterocycles. The molecule has 0 aliphatic carbocycles. The highest BCUT2D eigenvalue weighted by molar-refractivity contribution is 7.09. The molecule has 0 fully saturated rings. The molecule has 1 N–H and O–H groups in total. The van der Waals surface area contributed by atoms with Gasteiger partial charge in [-0.2, -0.15) is 0 Å². The van der Waals surface area contributed by atoms with Gasteiger partial charge in [0.2, 0.25) is 5.91 Å². The van der Waals surface area contributed by atoms with Crippen LogP contribution in [0.3, 0.4) is 0 Å². The summed E-state index contributed by atoms with van der Waals surface area (Å²) >= 11 is 1.71. The van der Waals surface area contributed by atoms with Crippen molar-refractivity contribution in [3.63, 3.8) is 0 Å². The number of carbonyl (C=O) groups is 1. The zero-order valence-corrected chi connectivity index (χ0v) is 13.5. The van der Waals surface area contributed by atoms with Crippen LogP contribution < -0.4 is 11.0 Å². The molecule has 0 unspecified atom stereocenters. The summed E-state index contributed by atoms with van der Waals surface area (Å²) in [4.78, 5) is 25.2. The second-order valence-corrected chi connectivity index (χ2v) is 6.25. The van der Waals surface area contributed by atoms with E-state index in [9.17, 15) is 9.59 Å². The van der Waals surface area contributed by atoms with E-state index in [1.54, 1.807) is 29.7 Å². The maximum atomic E-state index is 12.1. The van der Waals surface area contributed by atoms with Crippen LogP contribution in [-0.4, -0.2) is 26.6 Å². The molecule has 23 heavy (non-hydrogen) atoms. The zero-order valence-electron chi connectivity index (χ0n) is 12.6. The molecule has 7 heteroatoms. The van der Waals surface area contributed by atoms with E-state index in [1.807, 2.05) is 17.5 Å². The minimum absolute atomic E-state index is 0.0124. The number of aryl methyl sites for hydroxylation is 1. The van der Waals surface area contributed by atoms with Crippen LogP contribution >= 0.6 is 11.3 Å². The van der Waals surface area contributed by atoms with Crippen LogP contribution in [0.1, 0.15) is 17.7 Å². The van der Waals surface area contributed by atoms with Gasteiger partial charge in [0.15, 0.2) is 5.65 Å². The molecular formula is C16H18N4O2S. The molecule has 0 bridgehead atoms. The van der Waals surface area contributed by atoms with Gasteiger partial charge < -0.3 is 5.32 Å². The molecule has 0 aliphatic rings. The summed E-state index contributed by atoms with van der Waals surface area (Å²) in [5.41, 5.74) is 0.423. The minimum atomic E-state index is -0.187. The predicted molar refractivity (Wildman–Crippen MR) is 89.7 cm³/mol. The summed E-state index contributed by atoms with van der Waals surface area (Å²) in [7, 11) is 0. The molecule has 3 aromatic rings. The molecule has 3 heterocycles. The van der Waals surface area contributed by atoms with Crippen molar-refractivity contribution >= 4 is 22.9 Å². The Morgan fingerprint density at radius 3 is 2.96 bits per heavy atom. The maximum Gasteiger partial charge on any atom is 0.350 e. The molecule has 0 spiro atoms. The molecule has 0 radical (unpaired) electrons. The Morgan fingerprint density at radius 2 is 2.17 bits per heavy atom. The quantitative estimate of drug-likeness (QED) is 0.717. The van der Waals surface area contributed by atoms with Crippen LogP contribution in [-0.2, 0) is 17.8 Å². The normalized spacial score (nSPS) is 11.0. The number of aromatic nitrogens is 3. The summed E-state index contributed by atoms with van der Waals surface area (Å²) < 4.78 is 2.87. The SMILES string of the molecule is O=C(CCCc1cccs1)NCCn1nc2ccccn2c1=O. The van der Waals surface area contributed by atoms with Gasteiger partial charge in [-0.05, 0) is 36.4 Å². The molecule has 3 rings (SSSR count). The van der Waals surface area contributed by atoms with Crippen molar-refractivity contribution in [1.29, 1.82) is 0 Å². The molecule has 0 saturated carbocycles. The highest BCUT2D eigenvalue weighted by Gasteiger charge is 2.06. The largest absolute Gasteiger partial charge is 0.354 e. The second-order valence-electron chi connectivity index (χ2n) is 5.22. The van der Waals surface area contributed by atoms with E-state index in [4.69, 9.17) is 0 Å². The first-order chi connectivity index (χ1) is 11.2. The standard InChI is InChI=1S/C16H18N4O2S/c21-15(8-3-5-13-6-4-12-23-13)17-9-11-20-16(22)19-10-2-1-7-14(19)18-20/h1-2,4,6-7,10,12H,3,5,8-9,11H2,(H,17,21). The Balaban J connectivity index is 1.44. The van der Waals surface area contributed by atoms with Crippen LogP contribution in [0.4, 0.5) is 0 Å². The summed E-state index contributed by atoms with van der Waals surface area (Å²) in [6, 6.07) is 9.50. The van der Waals surface area contributed by atoms with Crippen molar-refractivity contribution in [2.24, 2.45) is 0 Å². The number of thiophene rings is 1. The molecule has 6 nitrogen and oxygen atoms in total. The molecule has 120 valence electrons. The maximum absolute atomic E-state index is 12.1. The number of hydrogen-bond donors (Lipinski definition) is 1. The number of amides is 1. The number of nitrogens with one attached hydrogen (secondary N) is 1. The van der Waals surface area contributed by atoms with Gasteiger partial charge in [-0.3, -0.25) is 9.20 Å². The van der Waals surface area contributed by atoms with Crippen molar-refractivity contribution in [1.82, 2.24) is 19.5 Å². The third kappa shape index (κ3) is 3.87. The Kier molecular flexibility index (Phi) is 4.87. The lowest BCUT2D eigenvalue weighted by Crippen LogP contribution is -2.31. The fourth-order valence-electron chi connectivity index (χ4n) is 2.38. The van der Waals surface area contributed by atoms with Gasteiger partial charge in [-0.1, -0.05) is 12.1 Å². The van der Waals surface area contributed by atoms with E-state index >= 15 is 0 Å². The lowest BCUT2D eigenvalue weighted by molar-refractivity contribution is -0.121. The molecule has 0 saturated heterocycles. The summed E-state index contributed by atoms with van der Waals surface area (Å²) in [6.07, 6.45) is 3.94. The van der Waals surface area contributed by atoms with Gasteiger partial charge in [0.25, 0.3) is 0 Å². The summed E-state index contributed by atoms with van der Waals surface area (Å²) in [6.45, 7) is 0.777. The van der Waals surface area contributed by atoms with E-state index in [1.165, 1.54) is 14.0 Å². The molecule has 0 aromatic carbocycles. The van der Waals surface area contributed by atoms with Crippen molar-refractivity contribution in [3.8, 4) is 0 Å². The molecule has 1 amide bonds. The first-order valence-electron chi connectivity index (χ1n) is 7.57. The molecule has 0 aliphatic heterocycles. The Morgan fingerprint density at radius 1 is 1.26 bits per heavy atom. The summed E-state index contributed by atoms with van der Waals surface area (Å²) in [5, 5.41) is 9.10. The highest BCUT2D eigenvalue weighted by Crippen LogP contribution is 2.11. The fraction of sp³-hybridized carbons (Fsp3) is 0.312.